The Morgan fingerprint density at radius 1 is 0.913 bits per heavy atom. The second-order valence-corrected chi connectivity index (χ2v) is 12.8. The highest BCUT2D eigenvalue weighted by Crippen LogP contribution is 2.30. The second-order valence-electron chi connectivity index (χ2n) is 11.0. The van der Waals surface area contributed by atoms with Crippen molar-refractivity contribution in [1.82, 2.24) is 15.2 Å². The summed E-state index contributed by atoms with van der Waals surface area (Å²) in [4.78, 5) is 31.1. The van der Waals surface area contributed by atoms with Crippen LogP contribution < -0.4 is 25.4 Å². The summed E-state index contributed by atoms with van der Waals surface area (Å²) in [7, 11) is -1.93. The summed E-state index contributed by atoms with van der Waals surface area (Å²) in [5.41, 5.74) is 3.52. The lowest BCUT2D eigenvalue weighted by Gasteiger charge is -2.32. The minimum absolute atomic E-state index is 0.150. The van der Waals surface area contributed by atoms with Crippen LogP contribution >= 0.6 is 0 Å². The number of halogens is 1. The third kappa shape index (κ3) is 9.02. The van der Waals surface area contributed by atoms with Crippen LogP contribution in [0.3, 0.4) is 0 Å². The summed E-state index contributed by atoms with van der Waals surface area (Å²) in [5.74, 6) is 0.170. The predicted molar refractivity (Wildman–Crippen MR) is 175 cm³/mol. The van der Waals surface area contributed by atoms with Crippen molar-refractivity contribution in [2.45, 2.75) is 25.3 Å². The molecule has 1 aliphatic rings. The Labute approximate surface area is 267 Å². The number of pyridine rings is 1. The lowest BCUT2D eigenvalue weighted by Crippen LogP contribution is -2.32. The Morgan fingerprint density at radius 3 is 2.20 bits per heavy atom. The molecule has 4 aromatic rings. The van der Waals surface area contributed by atoms with Crippen molar-refractivity contribution in [1.29, 1.82) is 0 Å². The largest absolute Gasteiger partial charge is 0.439 e. The Hall–Kier alpha value is -5.01. The molecule has 1 fully saturated rings. The van der Waals surface area contributed by atoms with Crippen LogP contribution in [-0.4, -0.2) is 56.6 Å². The van der Waals surface area contributed by atoms with E-state index in [1.54, 1.807) is 30.5 Å². The van der Waals surface area contributed by atoms with Crippen molar-refractivity contribution in [3.05, 3.63) is 108 Å². The van der Waals surface area contributed by atoms with Crippen LogP contribution in [0.15, 0.2) is 85.1 Å². The summed E-state index contributed by atoms with van der Waals surface area (Å²) >= 11 is 0. The molecular weight excluding hydrogens is 611 g/mol. The molecule has 0 spiro atoms. The van der Waals surface area contributed by atoms with E-state index in [1.165, 1.54) is 24.7 Å². The van der Waals surface area contributed by atoms with E-state index in [4.69, 9.17) is 4.74 Å². The first kappa shape index (κ1) is 32.4. The second kappa shape index (κ2) is 14.4. The van der Waals surface area contributed by atoms with E-state index < -0.39 is 27.8 Å². The number of ether oxygens (including phenoxy) is 1. The zero-order valence-electron chi connectivity index (χ0n) is 25.4. The molecule has 0 unspecified atom stereocenters. The van der Waals surface area contributed by atoms with Gasteiger partial charge in [-0.3, -0.25) is 14.4 Å². The monoisotopic (exact) mass is 646 g/mol. The molecule has 13 heteroatoms. The van der Waals surface area contributed by atoms with Crippen LogP contribution in [0.2, 0.25) is 0 Å². The zero-order chi connectivity index (χ0) is 32.7. The minimum atomic E-state index is -3.34. The molecule has 0 saturated carbocycles. The van der Waals surface area contributed by atoms with Gasteiger partial charge in [0.2, 0.25) is 15.9 Å². The molecule has 3 amide bonds. The zero-order valence-corrected chi connectivity index (χ0v) is 26.2. The number of rotatable bonds is 10. The number of likely N-dealkylation sites (tertiary alicyclic amines) is 1. The van der Waals surface area contributed by atoms with Crippen LogP contribution in [0.4, 0.5) is 26.2 Å². The number of nitrogens with zero attached hydrogens (tertiary/aromatic N) is 2. The molecule has 0 radical (unpaired) electrons. The van der Waals surface area contributed by atoms with Gasteiger partial charge >= 0.3 is 6.03 Å². The van der Waals surface area contributed by atoms with Gasteiger partial charge in [-0.25, -0.2) is 22.6 Å². The maximum atomic E-state index is 13.9. The molecule has 4 N–H and O–H groups in total. The van der Waals surface area contributed by atoms with Crippen molar-refractivity contribution in [3.63, 3.8) is 0 Å². The van der Waals surface area contributed by atoms with E-state index in [-0.39, 0.29) is 5.56 Å². The summed E-state index contributed by atoms with van der Waals surface area (Å²) in [6.07, 6.45) is 4.91. The van der Waals surface area contributed by atoms with Gasteiger partial charge in [0.15, 0.2) is 0 Å². The van der Waals surface area contributed by atoms with Crippen LogP contribution in [-0.2, 0) is 16.6 Å². The summed E-state index contributed by atoms with van der Waals surface area (Å²) in [6, 6.07) is 21.5. The average Bonchev–Trinajstić information content (AvgIpc) is 3.03. The van der Waals surface area contributed by atoms with E-state index >= 15 is 0 Å². The number of hydrogen-bond acceptors (Lipinski definition) is 7. The maximum Gasteiger partial charge on any atom is 0.323 e. The number of carbonyl (C=O) groups is 2. The van der Waals surface area contributed by atoms with Gasteiger partial charge in [0.1, 0.15) is 11.6 Å². The van der Waals surface area contributed by atoms with Gasteiger partial charge in [0.25, 0.3) is 5.91 Å². The number of carbonyl (C=O) groups excluding carboxylic acids is 2. The normalized spacial score (nSPS) is 13.9. The standard InChI is InChI=1S/C33H35FN6O5S/c1-35-32(41)29-19-27(10-13-30(29)34)38-33(42)37-25-6-4-23(5-7-25)24-15-17-40(18-16-24)21-22-3-14-31(36-20-22)45-28-11-8-26(9-12-28)39-46(2,43)44/h3-14,19-20,24,39H,15-18,21H2,1-2H3,(H,35,41)(H2,37,38,42). The highest BCUT2D eigenvalue weighted by Gasteiger charge is 2.21. The molecule has 46 heavy (non-hydrogen) atoms. The van der Waals surface area contributed by atoms with Gasteiger partial charge < -0.3 is 20.7 Å². The first-order chi connectivity index (χ1) is 22.0. The van der Waals surface area contributed by atoms with Gasteiger partial charge in [0.05, 0.1) is 11.8 Å². The van der Waals surface area contributed by atoms with Crippen molar-refractivity contribution >= 4 is 39.0 Å². The fourth-order valence-corrected chi connectivity index (χ4v) is 5.78. The molecule has 11 nitrogen and oxygen atoms in total. The van der Waals surface area contributed by atoms with Gasteiger partial charge in [-0.15, -0.1) is 0 Å². The molecule has 1 aliphatic heterocycles. The lowest BCUT2D eigenvalue weighted by atomic mass is 9.89. The Kier molecular flexibility index (Phi) is 10.1. The predicted octanol–water partition coefficient (Wildman–Crippen LogP) is 5.77. The van der Waals surface area contributed by atoms with E-state index in [2.05, 4.69) is 30.6 Å². The highest BCUT2D eigenvalue weighted by atomic mass is 32.2. The van der Waals surface area contributed by atoms with Crippen LogP contribution in [0.5, 0.6) is 11.6 Å². The van der Waals surface area contributed by atoms with Crippen LogP contribution in [0.25, 0.3) is 0 Å². The molecule has 5 rings (SSSR count). The van der Waals surface area contributed by atoms with E-state index in [1.807, 2.05) is 36.4 Å². The fourth-order valence-electron chi connectivity index (χ4n) is 5.22. The number of amides is 3. The SMILES string of the molecule is CNC(=O)c1cc(NC(=O)Nc2ccc(C3CCN(Cc4ccc(Oc5ccc(NS(C)(=O)=O)cc5)nc4)CC3)cc2)ccc1F. The fraction of sp³-hybridized carbons (Fsp3) is 0.242. The van der Waals surface area contributed by atoms with Gasteiger partial charge in [-0.2, -0.15) is 0 Å². The number of urea groups is 1. The molecule has 2 heterocycles. The van der Waals surface area contributed by atoms with Gasteiger partial charge in [0, 0.05) is 42.9 Å². The van der Waals surface area contributed by atoms with Gasteiger partial charge in [-0.1, -0.05) is 18.2 Å². The molecule has 1 aromatic heterocycles. The summed E-state index contributed by atoms with van der Waals surface area (Å²) in [5, 5.41) is 7.77. The summed E-state index contributed by atoms with van der Waals surface area (Å²) in [6.45, 7) is 2.66. The first-order valence-corrected chi connectivity index (χ1v) is 16.6. The van der Waals surface area contributed by atoms with E-state index in [0.717, 1.165) is 50.4 Å². The number of hydrogen-bond donors (Lipinski definition) is 4. The van der Waals surface area contributed by atoms with Crippen molar-refractivity contribution in [2.75, 3.05) is 41.7 Å². The lowest BCUT2D eigenvalue weighted by molar-refractivity contribution is 0.0959. The third-order valence-corrected chi connectivity index (χ3v) is 8.11. The quantitative estimate of drug-likeness (QED) is 0.171. The molecule has 0 aliphatic carbocycles. The van der Waals surface area contributed by atoms with Gasteiger partial charge in [-0.05, 0) is 97.6 Å². The van der Waals surface area contributed by atoms with Crippen LogP contribution in [0, 0.1) is 5.82 Å². The number of aromatic nitrogens is 1. The molecular formula is C33H35FN6O5S. The Morgan fingerprint density at radius 2 is 1.57 bits per heavy atom. The summed E-state index contributed by atoms with van der Waals surface area (Å²) < 4.78 is 44.8. The topological polar surface area (TPSA) is 142 Å². The van der Waals surface area contributed by atoms with E-state index in [9.17, 15) is 22.4 Å². The number of piperidine rings is 1. The number of sulfonamides is 1. The maximum absolute atomic E-state index is 13.9. The van der Waals surface area contributed by atoms with Crippen molar-refractivity contribution in [3.8, 4) is 11.6 Å². The Balaban J connectivity index is 1.06. The van der Waals surface area contributed by atoms with Crippen LogP contribution in [0.1, 0.15) is 40.2 Å². The Bertz CT molecular complexity index is 1780. The number of benzene rings is 3. The number of nitrogens with one attached hydrogen (secondary N) is 4. The smallest absolute Gasteiger partial charge is 0.323 e. The van der Waals surface area contributed by atoms with E-state index in [0.29, 0.717) is 34.6 Å². The minimum Gasteiger partial charge on any atom is -0.439 e. The first-order valence-electron chi connectivity index (χ1n) is 14.7. The molecule has 1 saturated heterocycles. The molecule has 0 atom stereocenters. The third-order valence-electron chi connectivity index (χ3n) is 7.51. The average molecular weight is 647 g/mol. The number of anilines is 3. The van der Waals surface area contributed by atoms with Crippen molar-refractivity contribution < 1.29 is 27.1 Å². The molecule has 240 valence electrons. The highest BCUT2D eigenvalue weighted by molar-refractivity contribution is 7.92. The molecule has 0 bridgehead atoms. The molecule has 3 aromatic carbocycles. The van der Waals surface area contributed by atoms with Crippen molar-refractivity contribution in [2.24, 2.45) is 0 Å².